The van der Waals surface area contributed by atoms with E-state index in [2.05, 4.69) is 19.9 Å². The molecule has 5 rings (SSSR count). The molecule has 3 aromatic rings. The normalized spacial score (nSPS) is 16.8. The van der Waals surface area contributed by atoms with Crippen LogP contribution >= 0.6 is 23.2 Å². The molecule has 35 heavy (non-hydrogen) atoms. The summed E-state index contributed by atoms with van der Waals surface area (Å²) < 4.78 is 40.4. The van der Waals surface area contributed by atoms with Crippen LogP contribution in [0.5, 0.6) is 0 Å². The number of pyridine rings is 1. The fourth-order valence-corrected chi connectivity index (χ4v) is 4.83. The van der Waals surface area contributed by atoms with Crippen molar-refractivity contribution < 1.29 is 13.2 Å². The van der Waals surface area contributed by atoms with E-state index >= 15 is 0 Å². The van der Waals surface area contributed by atoms with Gasteiger partial charge in [-0.2, -0.15) is 28.1 Å². The van der Waals surface area contributed by atoms with Gasteiger partial charge in [0, 0.05) is 56.1 Å². The summed E-state index contributed by atoms with van der Waals surface area (Å²) in [4.78, 5) is 23.8. The predicted molar refractivity (Wildman–Crippen MR) is 130 cm³/mol. The number of rotatable bonds is 4. The van der Waals surface area contributed by atoms with Gasteiger partial charge in [-0.15, -0.1) is 0 Å². The molecule has 2 saturated heterocycles. The average molecular weight is 524 g/mol. The van der Waals surface area contributed by atoms with Crippen molar-refractivity contribution in [3.63, 3.8) is 0 Å². The van der Waals surface area contributed by atoms with E-state index in [9.17, 15) is 13.2 Å². The number of alkyl halides is 3. The molecular formula is C23H22Cl2F3N7. The van der Waals surface area contributed by atoms with Gasteiger partial charge in [0.25, 0.3) is 0 Å². The lowest BCUT2D eigenvalue weighted by molar-refractivity contribution is -0.137. The summed E-state index contributed by atoms with van der Waals surface area (Å²) in [7, 11) is 0. The highest BCUT2D eigenvalue weighted by atomic mass is 35.5. The van der Waals surface area contributed by atoms with Gasteiger partial charge >= 0.3 is 6.18 Å². The minimum Gasteiger partial charge on any atom is -0.353 e. The van der Waals surface area contributed by atoms with Gasteiger partial charge < -0.3 is 14.7 Å². The highest BCUT2D eigenvalue weighted by Crippen LogP contribution is 2.36. The van der Waals surface area contributed by atoms with Crippen LogP contribution in [0.2, 0.25) is 10.0 Å². The predicted octanol–water partition coefficient (Wildman–Crippen LogP) is 5.19. The molecule has 0 aliphatic carbocycles. The molecule has 0 unspecified atom stereocenters. The van der Waals surface area contributed by atoms with Crippen molar-refractivity contribution >= 4 is 40.9 Å². The van der Waals surface area contributed by atoms with Crippen LogP contribution in [0.15, 0.2) is 36.5 Å². The lowest BCUT2D eigenvalue weighted by atomic mass is 10.2. The zero-order valence-electron chi connectivity index (χ0n) is 18.6. The Balaban J connectivity index is 1.43. The van der Waals surface area contributed by atoms with Crippen LogP contribution in [0.25, 0.3) is 11.4 Å². The van der Waals surface area contributed by atoms with Gasteiger partial charge in [-0.25, -0.2) is 4.98 Å². The first-order valence-corrected chi connectivity index (χ1v) is 12.0. The third-order valence-electron chi connectivity index (χ3n) is 6.13. The van der Waals surface area contributed by atoms with Gasteiger partial charge in [0.2, 0.25) is 11.9 Å². The maximum absolute atomic E-state index is 13.5. The van der Waals surface area contributed by atoms with Gasteiger partial charge in [0.05, 0.1) is 10.6 Å². The summed E-state index contributed by atoms with van der Waals surface area (Å²) in [5, 5.41) is 0.943. The molecule has 0 spiro atoms. The molecule has 12 heteroatoms. The van der Waals surface area contributed by atoms with Crippen LogP contribution in [-0.2, 0) is 6.18 Å². The molecule has 2 aliphatic rings. The molecule has 0 saturated carbocycles. The van der Waals surface area contributed by atoms with Gasteiger partial charge in [-0.3, -0.25) is 0 Å². The van der Waals surface area contributed by atoms with E-state index in [0.717, 1.165) is 32.0 Å². The number of hydrogen-bond donors (Lipinski definition) is 0. The molecule has 0 radical (unpaired) electrons. The summed E-state index contributed by atoms with van der Waals surface area (Å²) in [6.07, 6.45) is -0.968. The smallest absolute Gasteiger partial charge is 0.353 e. The van der Waals surface area contributed by atoms with E-state index in [1.165, 1.54) is 12.3 Å². The van der Waals surface area contributed by atoms with E-state index in [1.54, 1.807) is 23.1 Å². The van der Waals surface area contributed by atoms with Crippen molar-refractivity contribution in [1.82, 2.24) is 19.9 Å². The van der Waals surface area contributed by atoms with Crippen molar-refractivity contribution in [1.29, 1.82) is 0 Å². The summed E-state index contributed by atoms with van der Waals surface area (Å²) in [5.41, 5.74) is -0.0910. The Bertz CT molecular complexity index is 1210. The van der Waals surface area contributed by atoms with Gasteiger partial charge in [0.1, 0.15) is 5.82 Å². The molecule has 2 aliphatic heterocycles. The number of piperazine rings is 1. The van der Waals surface area contributed by atoms with Crippen LogP contribution in [-0.4, -0.2) is 59.2 Å². The topological polar surface area (TPSA) is 61.3 Å². The Hall–Kier alpha value is -2.85. The van der Waals surface area contributed by atoms with E-state index < -0.39 is 11.7 Å². The van der Waals surface area contributed by atoms with Gasteiger partial charge in [-0.1, -0.05) is 23.2 Å². The number of hydrogen-bond acceptors (Lipinski definition) is 7. The number of benzene rings is 1. The van der Waals surface area contributed by atoms with Crippen LogP contribution in [0, 0.1) is 0 Å². The lowest BCUT2D eigenvalue weighted by Gasteiger charge is -2.36. The van der Waals surface area contributed by atoms with Crippen LogP contribution < -0.4 is 14.7 Å². The van der Waals surface area contributed by atoms with Crippen LogP contribution in [0.3, 0.4) is 0 Å². The van der Waals surface area contributed by atoms with E-state index in [4.69, 9.17) is 28.2 Å². The lowest BCUT2D eigenvalue weighted by Crippen LogP contribution is -2.48. The Morgan fingerprint density at radius 3 is 2.03 bits per heavy atom. The summed E-state index contributed by atoms with van der Waals surface area (Å²) in [5.74, 6) is 1.42. The Kier molecular flexibility index (Phi) is 6.59. The first kappa shape index (κ1) is 23.9. The molecule has 0 N–H and O–H groups in total. The number of aromatic nitrogens is 4. The van der Waals surface area contributed by atoms with Crippen molar-refractivity contribution in [2.24, 2.45) is 0 Å². The molecule has 4 heterocycles. The second-order valence-corrected chi connectivity index (χ2v) is 9.27. The molecule has 2 aromatic heterocycles. The summed E-state index contributed by atoms with van der Waals surface area (Å²) >= 11 is 12.5. The highest BCUT2D eigenvalue weighted by Gasteiger charge is 2.36. The minimum absolute atomic E-state index is 0.0540. The average Bonchev–Trinajstić information content (AvgIpc) is 3.39. The van der Waals surface area contributed by atoms with E-state index in [0.29, 0.717) is 59.5 Å². The molecule has 0 bridgehead atoms. The van der Waals surface area contributed by atoms with Gasteiger partial charge in [-0.05, 0) is 43.2 Å². The van der Waals surface area contributed by atoms with Crippen molar-refractivity contribution in [3.05, 3.63) is 52.1 Å². The molecular weight excluding hydrogens is 502 g/mol. The van der Waals surface area contributed by atoms with Crippen molar-refractivity contribution in [2.75, 3.05) is 54.0 Å². The zero-order chi connectivity index (χ0) is 24.6. The minimum atomic E-state index is -4.47. The van der Waals surface area contributed by atoms with Crippen molar-refractivity contribution in [2.45, 2.75) is 19.0 Å². The Morgan fingerprint density at radius 2 is 1.40 bits per heavy atom. The van der Waals surface area contributed by atoms with Gasteiger partial charge in [0.15, 0.2) is 5.82 Å². The van der Waals surface area contributed by atoms with E-state index in [1.807, 2.05) is 4.90 Å². The van der Waals surface area contributed by atoms with Crippen molar-refractivity contribution in [3.8, 4) is 11.4 Å². The fourth-order valence-electron chi connectivity index (χ4n) is 4.33. The number of anilines is 3. The number of nitrogens with zero attached hydrogens (tertiary/aromatic N) is 7. The summed E-state index contributed by atoms with van der Waals surface area (Å²) in [6.45, 7) is 3.27. The third-order valence-corrected chi connectivity index (χ3v) is 6.67. The SMILES string of the molecule is FC(F)(F)c1cccnc1N1CCN(c2nc(-c3ccc(Cl)cc3Cl)nc(N3CCCC3)n2)CC1. The monoisotopic (exact) mass is 523 g/mol. The van der Waals surface area contributed by atoms with Crippen LogP contribution in [0.1, 0.15) is 18.4 Å². The largest absolute Gasteiger partial charge is 0.419 e. The zero-order valence-corrected chi connectivity index (χ0v) is 20.2. The molecule has 184 valence electrons. The first-order valence-electron chi connectivity index (χ1n) is 11.3. The Morgan fingerprint density at radius 1 is 0.771 bits per heavy atom. The number of halogens is 5. The molecule has 1 aromatic carbocycles. The molecule has 7 nitrogen and oxygen atoms in total. The standard InChI is InChI=1S/C23H22Cl2F3N7/c24-15-5-6-16(18(25)14-15)19-30-21(34-8-1-2-9-34)32-22(31-19)35-12-10-33(11-13-35)20-17(23(26,27)28)4-3-7-29-20/h3-7,14H,1-2,8-13H2. The second kappa shape index (κ2) is 9.66. The molecule has 0 atom stereocenters. The van der Waals surface area contributed by atoms with E-state index in [-0.39, 0.29) is 5.82 Å². The maximum atomic E-state index is 13.5. The Labute approximate surface area is 210 Å². The highest BCUT2D eigenvalue weighted by molar-refractivity contribution is 6.36. The summed E-state index contributed by atoms with van der Waals surface area (Å²) in [6, 6.07) is 7.50. The molecule has 0 amide bonds. The quantitative estimate of drug-likeness (QED) is 0.466. The third kappa shape index (κ3) is 5.08. The van der Waals surface area contributed by atoms with Crippen LogP contribution in [0.4, 0.5) is 30.9 Å². The maximum Gasteiger partial charge on any atom is 0.419 e. The second-order valence-electron chi connectivity index (χ2n) is 8.42. The fraction of sp³-hybridized carbons (Fsp3) is 0.391. The molecule has 2 fully saturated rings. The first-order chi connectivity index (χ1) is 16.8.